The second-order valence-electron chi connectivity index (χ2n) is 9.24. The molecule has 3 aliphatic heterocycles. The molecule has 0 bridgehead atoms. The number of likely N-dealkylation sites (tertiary alicyclic amines) is 1. The minimum Gasteiger partial charge on any atom is -0.466 e. The smallest absolute Gasteiger partial charge is 0.309 e. The van der Waals surface area contributed by atoms with Crippen molar-refractivity contribution in [2.45, 2.75) is 36.8 Å². The number of thioether (sulfide) groups is 1. The summed E-state index contributed by atoms with van der Waals surface area (Å²) < 4.78 is 5.20. The van der Waals surface area contributed by atoms with Crippen LogP contribution >= 0.6 is 23.4 Å². The third-order valence-electron chi connectivity index (χ3n) is 7.10. The zero-order chi connectivity index (χ0) is 24.7. The summed E-state index contributed by atoms with van der Waals surface area (Å²) in [6.07, 6.45) is 1.48. The first-order valence-corrected chi connectivity index (χ1v) is 13.3. The van der Waals surface area contributed by atoms with Crippen LogP contribution in [-0.2, 0) is 24.0 Å². The second-order valence-corrected chi connectivity index (χ2v) is 11.2. The third kappa shape index (κ3) is 4.01. The number of hydrogen-bond donors (Lipinski definition) is 1. The molecule has 5 rings (SSSR count). The van der Waals surface area contributed by atoms with Crippen LogP contribution in [0.2, 0.25) is 5.02 Å². The minimum absolute atomic E-state index is 0.0733. The number of rotatable bonds is 5. The maximum Gasteiger partial charge on any atom is 0.309 e. The van der Waals surface area contributed by atoms with Crippen LogP contribution in [0, 0.1) is 5.92 Å². The van der Waals surface area contributed by atoms with Gasteiger partial charge in [-0.2, -0.15) is 0 Å². The number of anilines is 2. The van der Waals surface area contributed by atoms with Crippen molar-refractivity contribution in [1.29, 1.82) is 0 Å². The van der Waals surface area contributed by atoms with Crippen LogP contribution in [0.3, 0.4) is 0 Å². The van der Waals surface area contributed by atoms with Gasteiger partial charge in [-0.05, 0) is 44.2 Å². The first-order valence-electron chi connectivity index (χ1n) is 12.1. The van der Waals surface area contributed by atoms with Crippen molar-refractivity contribution < 1.29 is 24.0 Å². The standard InChI is InChI=1S/C26H28ClN3O4S/c1-3-34-24(32)18-12-14-28(15-13-18)16-29-22-7-5-4-6-21(22)26(25(29)33)30(23(31)17(2)35-26)20-10-8-19(27)9-11-20/h4-11,17-18H,3,12-16H2,1-2H3/p+1. The Balaban J connectivity index is 1.45. The highest BCUT2D eigenvalue weighted by Gasteiger charge is 2.63. The summed E-state index contributed by atoms with van der Waals surface area (Å²) in [4.78, 5) is 43.4. The van der Waals surface area contributed by atoms with E-state index < -0.39 is 4.87 Å². The van der Waals surface area contributed by atoms with Gasteiger partial charge < -0.3 is 9.64 Å². The number of ether oxygens (including phenoxy) is 1. The molecule has 3 aliphatic rings. The SMILES string of the molecule is CCOC(=O)C1CC[NH+](CN2C(=O)C3(SC(C)C(=O)N3c3ccc(Cl)cc3)c3ccccc32)CC1. The molecule has 9 heteroatoms. The number of piperidine rings is 1. The summed E-state index contributed by atoms with van der Waals surface area (Å²) in [6.45, 7) is 6.13. The van der Waals surface area contributed by atoms with Gasteiger partial charge in [-0.1, -0.05) is 29.8 Å². The van der Waals surface area contributed by atoms with Gasteiger partial charge in [0.2, 0.25) is 10.8 Å². The number of nitrogens with one attached hydrogen (secondary N) is 1. The number of quaternary nitrogens is 1. The number of fused-ring (bicyclic) bond motifs is 2. The van der Waals surface area contributed by atoms with Gasteiger partial charge in [0.15, 0.2) is 6.67 Å². The summed E-state index contributed by atoms with van der Waals surface area (Å²) in [5, 5.41) is 0.208. The predicted molar refractivity (Wildman–Crippen MR) is 137 cm³/mol. The Hall–Kier alpha value is -2.55. The van der Waals surface area contributed by atoms with Gasteiger partial charge in [0.05, 0.1) is 36.6 Å². The van der Waals surface area contributed by atoms with Crippen molar-refractivity contribution in [2.24, 2.45) is 5.92 Å². The van der Waals surface area contributed by atoms with Gasteiger partial charge in [-0.25, -0.2) is 0 Å². The van der Waals surface area contributed by atoms with Crippen molar-refractivity contribution in [1.82, 2.24) is 0 Å². The molecular weight excluding hydrogens is 486 g/mol. The average molecular weight is 515 g/mol. The largest absolute Gasteiger partial charge is 0.466 e. The van der Waals surface area contributed by atoms with Crippen LogP contribution in [0.4, 0.5) is 11.4 Å². The molecule has 1 spiro atoms. The third-order valence-corrected chi connectivity index (χ3v) is 8.83. The van der Waals surface area contributed by atoms with E-state index in [1.165, 1.54) is 16.7 Å². The van der Waals surface area contributed by atoms with E-state index in [0.717, 1.165) is 37.2 Å². The molecule has 184 valence electrons. The van der Waals surface area contributed by atoms with Crippen LogP contribution in [-0.4, -0.2) is 49.4 Å². The molecule has 0 radical (unpaired) electrons. The van der Waals surface area contributed by atoms with E-state index in [4.69, 9.17) is 16.3 Å². The predicted octanol–water partition coefficient (Wildman–Crippen LogP) is 2.82. The Morgan fingerprint density at radius 3 is 2.51 bits per heavy atom. The lowest BCUT2D eigenvalue weighted by atomic mass is 9.97. The zero-order valence-electron chi connectivity index (χ0n) is 19.8. The maximum absolute atomic E-state index is 14.3. The maximum atomic E-state index is 14.3. The van der Waals surface area contributed by atoms with E-state index >= 15 is 0 Å². The molecule has 0 saturated carbocycles. The lowest BCUT2D eigenvalue weighted by Crippen LogP contribution is -3.14. The molecule has 7 nitrogen and oxygen atoms in total. The fourth-order valence-electron chi connectivity index (χ4n) is 5.39. The molecule has 2 aromatic rings. The molecule has 2 atom stereocenters. The summed E-state index contributed by atoms with van der Waals surface area (Å²) in [7, 11) is 0. The summed E-state index contributed by atoms with van der Waals surface area (Å²) >= 11 is 7.51. The molecule has 2 fully saturated rings. The zero-order valence-corrected chi connectivity index (χ0v) is 21.4. The molecule has 35 heavy (non-hydrogen) atoms. The molecule has 2 unspecified atom stereocenters. The Morgan fingerprint density at radius 2 is 1.83 bits per heavy atom. The van der Waals surface area contributed by atoms with E-state index in [2.05, 4.69) is 0 Å². The molecule has 2 saturated heterocycles. The van der Waals surface area contributed by atoms with Crippen LogP contribution in [0.5, 0.6) is 0 Å². The highest BCUT2D eigenvalue weighted by Crippen LogP contribution is 2.57. The Kier molecular flexibility index (Phi) is 6.55. The number of amides is 2. The van der Waals surface area contributed by atoms with Crippen LogP contribution in [0.25, 0.3) is 0 Å². The molecule has 2 amide bonds. The number of halogens is 1. The summed E-state index contributed by atoms with van der Waals surface area (Å²) in [5.41, 5.74) is 2.33. The first kappa shape index (κ1) is 24.2. The number of carbonyl (C=O) groups excluding carboxylic acids is 3. The lowest BCUT2D eigenvalue weighted by molar-refractivity contribution is -0.904. The average Bonchev–Trinajstić information content (AvgIpc) is 3.26. The van der Waals surface area contributed by atoms with Crippen LogP contribution in [0.1, 0.15) is 32.3 Å². The van der Waals surface area contributed by atoms with E-state index in [0.29, 0.717) is 24.0 Å². The number of carbonyl (C=O) groups is 3. The van der Waals surface area contributed by atoms with E-state index in [9.17, 15) is 14.4 Å². The van der Waals surface area contributed by atoms with E-state index in [1.807, 2.05) is 43.0 Å². The fourth-order valence-corrected chi connectivity index (χ4v) is 7.04. The normalized spacial score (nSPS) is 28.0. The molecular formula is C26H29ClN3O4S+. The molecule has 2 aromatic carbocycles. The van der Waals surface area contributed by atoms with Gasteiger partial charge in [0.1, 0.15) is 0 Å². The Labute approximate surface area is 214 Å². The number of benzene rings is 2. The first-order chi connectivity index (χ1) is 16.9. The Bertz CT molecular complexity index is 1150. The molecule has 0 aliphatic carbocycles. The lowest BCUT2D eigenvalue weighted by Gasteiger charge is -2.34. The number of esters is 1. The molecule has 3 heterocycles. The van der Waals surface area contributed by atoms with Gasteiger partial charge in [0, 0.05) is 29.1 Å². The highest BCUT2D eigenvalue weighted by atomic mass is 35.5. The second kappa shape index (κ2) is 9.48. The van der Waals surface area contributed by atoms with Gasteiger partial charge in [0.25, 0.3) is 5.91 Å². The summed E-state index contributed by atoms with van der Waals surface area (Å²) in [5.74, 6) is -0.390. The molecule has 1 N–H and O–H groups in total. The summed E-state index contributed by atoms with van der Waals surface area (Å²) in [6, 6.07) is 14.8. The monoisotopic (exact) mass is 514 g/mol. The van der Waals surface area contributed by atoms with E-state index in [1.54, 1.807) is 29.2 Å². The topological polar surface area (TPSA) is 71.4 Å². The van der Waals surface area contributed by atoms with Gasteiger partial charge >= 0.3 is 5.97 Å². The fraction of sp³-hybridized carbons (Fsp3) is 0.423. The van der Waals surface area contributed by atoms with Crippen molar-refractivity contribution in [2.75, 3.05) is 36.2 Å². The van der Waals surface area contributed by atoms with Gasteiger partial charge in [-0.3, -0.25) is 24.2 Å². The molecule has 0 aromatic heterocycles. The Morgan fingerprint density at radius 1 is 1.14 bits per heavy atom. The van der Waals surface area contributed by atoms with Crippen LogP contribution < -0.4 is 14.7 Å². The number of para-hydroxylation sites is 1. The quantitative estimate of drug-likeness (QED) is 0.621. The minimum atomic E-state index is -1.15. The number of hydrogen-bond acceptors (Lipinski definition) is 5. The van der Waals surface area contributed by atoms with Crippen molar-refractivity contribution in [3.8, 4) is 0 Å². The van der Waals surface area contributed by atoms with E-state index in [-0.39, 0.29) is 29.0 Å². The van der Waals surface area contributed by atoms with Crippen molar-refractivity contribution in [3.05, 3.63) is 59.1 Å². The van der Waals surface area contributed by atoms with Crippen LogP contribution in [0.15, 0.2) is 48.5 Å². The van der Waals surface area contributed by atoms with Crippen molar-refractivity contribution in [3.63, 3.8) is 0 Å². The van der Waals surface area contributed by atoms with Gasteiger partial charge in [-0.15, -0.1) is 11.8 Å². The van der Waals surface area contributed by atoms with Crippen molar-refractivity contribution >= 4 is 52.5 Å². The highest BCUT2D eigenvalue weighted by molar-refractivity contribution is 8.03. The number of nitrogens with zero attached hydrogens (tertiary/aromatic N) is 2.